The van der Waals surface area contributed by atoms with Crippen LogP contribution < -0.4 is 0 Å². The van der Waals surface area contributed by atoms with Crippen LogP contribution in [-0.4, -0.2) is 12.2 Å². The van der Waals surface area contributed by atoms with Crippen LogP contribution in [-0.2, 0) is 4.74 Å². The molecule has 1 aliphatic heterocycles. The summed E-state index contributed by atoms with van der Waals surface area (Å²) in [7, 11) is 0. The molecule has 0 N–H and O–H groups in total. The van der Waals surface area contributed by atoms with Crippen molar-refractivity contribution in [3.05, 3.63) is 0 Å². The summed E-state index contributed by atoms with van der Waals surface area (Å²) < 4.78 is 6.33. The first-order valence-corrected chi connectivity index (χ1v) is 7.47. The van der Waals surface area contributed by atoms with Gasteiger partial charge < -0.3 is 4.74 Å². The first kappa shape index (κ1) is 12.0. The van der Waals surface area contributed by atoms with Gasteiger partial charge in [0.25, 0.3) is 0 Å². The van der Waals surface area contributed by atoms with Crippen molar-refractivity contribution in [1.29, 1.82) is 0 Å². The second-order valence-corrected chi connectivity index (χ2v) is 8.41. The molecule has 0 aromatic heterocycles. The largest absolute Gasteiger partial charge is 0.374 e. The molecule has 1 heteroatoms. The maximum Gasteiger partial charge on any atom is 0.0717 e. The molecule has 0 unspecified atom stereocenters. The average Bonchev–Trinajstić information content (AvgIpc) is 2.49. The molecule has 1 heterocycles. The smallest absolute Gasteiger partial charge is 0.0717 e. The van der Waals surface area contributed by atoms with E-state index in [1.165, 1.54) is 38.5 Å². The molecule has 98 valence electrons. The fourth-order valence-electron chi connectivity index (χ4n) is 4.71. The van der Waals surface area contributed by atoms with Gasteiger partial charge in [-0.25, -0.2) is 0 Å². The van der Waals surface area contributed by atoms with Gasteiger partial charge in [0.15, 0.2) is 0 Å². The van der Waals surface area contributed by atoms with Crippen LogP contribution in [0, 0.1) is 22.7 Å². The predicted molar refractivity (Wildman–Crippen MR) is 70.9 cm³/mol. The van der Waals surface area contributed by atoms with Crippen molar-refractivity contribution in [1.82, 2.24) is 0 Å². The molecule has 2 saturated carbocycles. The summed E-state index contributed by atoms with van der Waals surface area (Å²) in [5.74, 6) is 1.77. The SMILES string of the molecule is CC(C)(C)[C@@H]1CC[C@@]23C[C@@](C)(CC[C@@H]2C1)CO3. The van der Waals surface area contributed by atoms with E-state index in [1.807, 2.05) is 0 Å². The molecule has 17 heavy (non-hydrogen) atoms. The maximum atomic E-state index is 6.33. The maximum absolute atomic E-state index is 6.33. The fourth-order valence-corrected chi connectivity index (χ4v) is 4.71. The lowest BCUT2D eigenvalue weighted by Crippen LogP contribution is -2.47. The second-order valence-electron chi connectivity index (χ2n) is 8.41. The second kappa shape index (κ2) is 3.50. The van der Waals surface area contributed by atoms with E-state index in [9.17, 15) is 0 Å². The van der Waals surface area contributed by atoms with E-state index in [-0.39, 0.29) is 0 Å². The van der Waals surface area contributed by atoms with Gasteiger partial charge in [0, 0.05) is 0 Å². The van der Waals surface area contributed by atoms with Crippen molar-refractivity contribution in [2.75, 3.05) is 6.61 Å². The topological polar surface area (TPSA) is 9.23 Å². The van der Waals surface area contributed by atoms with Crippen molar-refractivity contribution >= 4 is 0 Å². The molecule has 2 bridgehead atoms. The third kappa shape index (κ3) is 1.85. The van der Waals surface area contributed by atoms with E-state index in [4.69, 9.17) is 4.74 Å². The van der Waals surface area contributed by atoms with Crippen LogP contribution in [0.5, 0.6) is 0 Å². The highest BCUT2D eigenvalue weighted by Crippen LogP contribution is 2.59. The molecule has 3 rings (SSSR count). The van der Waals surface area contributed by atoms with Gasteiger partial charge >= 0.3 is 0 Å². The van der Waals surface area contributed by atoms with Gasteiger partial charge in [0.2, 0.25) is 0 Å². The van der Waals surface area contributed by atoms with E-state index in [0.29, 0.717) is 16.4 Å². The van der Waals surface area contributed by atoms with Crippen LogP contribution in [0.2, 0.25) is 0 Å². The minimum absolute atomic E-state index is 0.300. The van der Waals surface area contributed by atoms with Crippen LogP contribution in [0.15, 0.2) is 0 Å². The number of hydrogen-bond acceptors (Lipinski definition) is 1. The summed E-state index contributed by atoms with van der Waals surface area (Å²) in [5.41, 5.74) is 1.31. The Morgan fingerprint density at radius 1 is 1.12 bits per heavy atom. The van der Waals surface area contributed by atoms with Gasteiger partial charge in [-0.15, -0.1) is 0 Å². The standard InChI is InChI=1S/C16H28O/c1-14(2,3)12-6-8-16-10-15(4,11-17-16)7-5-13(16)9-12/h12-13H,5-11H2,1-4H3/t12-,13-,15-,16-/m1/s1. The lowest BCUT2D eigenvalue weighted by Gasteiger charge is -2.50. The summed E-state index contributed by atoms with van der Waals surface area (Å²) in [6.45, 7) is 10.7. The highest BCUT2D eigenvalue weighted by molar-refractivity contribution is 5.07. The van der Waals surface area contributed by atoms with Gasteiger partial charge in [-0.05, 0) is 61.2 Å². The Bertz CT molecular complexity index is 316. The van der Waals surface area contributed by atoms with Crippen LogP contribution in [0.1, 0.15) is 66.2 Å². The van der Waals surface area contributed by atoms with Crippen molar-refractivity contribution in [3.8, 4) is 0 Å². The van der Waals surface area contributed by atoms with Crippen molar-refractivity contribution in [2.24, 2.45) is 22.7 Å². The summed E-state index contributed by atoms with van der Waals surface area (Å²) in [6, 6.07) is 0. The minimum Gasteiger partial charge on any atom is -0.374 e. The molecule has 3 fully saturated rings. The highest BCUT2D eigenvalue weighted by Gasteiger charge is 2.57. The Balaban J connectivity index is 1.78. The Hall–Kier alpha value is -0.0400. The van der Waals surface area contributed by atoms with E-state index in [1.54, 1.807) is 0 Å². The third-order valence-electron chi connectivity index (χ3n) is 5.98. The zero-order chi connectivity index (χ0) is 12.3. The third-order valence-corrected chi connectivity index (χ3v) is 5.98. The van der Waals surface area contributed by atoms with E-state index < -0.39 is 0 Å². The Labute approximate surface area is 106 Å². The van der Waals surface area contributed by atoms with Gasteiger partial charge in [0.1, 0.15) is 0 Å². The Kier molecular flexibility index (Phi) is 2.47. The van der Waals surface area contributed by atoms with Crippen LogP contribution in [0.4, 0.5) is 0 Å². The Morgan fingerprint density at radius 2 is 1.88 bits per heavy atom. The molecule has 2 aliphatic carbocycles. The van der Waals surface area contributed by atoms with Crippen molar-refractivity contribution < 1.29 is 4.74 Å². The minimum atomic E-state index is 0.300. The van der Waals surface area contributed by atoms with E-state index >= 15 is 0 Å². The summed E-state index contributed by atoms with van der Waals surface area (Å²) in [6.07, 6.45) is 8.30. The van der Waals surface area contributed by atoms with Gasteiger partial charge in [0.05, 0.1) is 12.2 Å². The van der Waals surface area contributed by atoms with Crippen molar-refractivity contribution in [2.45, 2.75) is 71.8 Å². The molecule has 3 aliphatic rings. The summed E-state index contributed by atoms with van der Waals surface area (Å²) in [5, 5.41) is 0. The van der Waals surface area contributed by atoms with Gasteiger partial charge in [-0.1, -0.05) is 27.7 Å². The molecule has 1 spiro atoms. The normalized spacial score (nSPS) is 50.1. The molecular weight excluding hydrogens is 208 g/mol. The molecule has 1 saturated heterocycles. The number of fused-ring (bicyclic) bond motifs is 1. The summed E-state index contributed by atoms with van der Waals surface area (Å²) >= 11 is 0. The zero-order valence-corrected chi connectivity index (χ0v) is 12.0. The lowest BCUT2D eigenvalue weighted by atomic mass is 9.57. The first-order chi connectivity index (χ1) is 7.83. The molecule has 4 atom stereocenters. The zero-order valence-electron chi connectivity index (χ0n) is 12.0. The van der Waals surface area contributed by atoms with Crippen LogP contribution in [0.3, 0.4) is 0 Å². The predicted octanol–water partition coefficient (Wildman–Crippen LogP) is 4.41. The van der Waals surface area contributed by atoms with Gasteiger partial charge in [-0.3, -0.25) is 0 Å². The quantitative estimate of drug-likeness (QED) is 0.605. The number of rotatable bonds is 0. The summed E-state index contributed by atoms with van der Waals surface area (Å²) in [4.78, 5) is 0. The molecular formula is C16H28O. The van der Waals surface area contributed by atoms with E-state index in [2.05, 4.69) is 27.7 Å². The molecule has 0 aromatic carbocycles. The van der Waals surface area contributed by atoms with Crippen LogP contribution >= 0.6 is 0 Å². The van der Waals surface area contributed by atoms with Crippen molar-refractivity contribution in [3.63, 3.8) is 0 Å². The Morgan fingerprint density at radius 3 is 2.59 bits per heavy atom. The molecule has 0 amide bonds. The monoisotopic (exact) mass is 236 g/mol. The molecule has 0 radical (unpaired) electrons. The molecule has 0 aromatic rings. The highest BCUT2D eigenvalue weighted by atomic mass is 16.5. The number of hydrogen-bond donors (Lipinski definition) is 0. The first-order valence-electron chi connectivity index (χ1n) is 7.47. The van der Waals surface area contributed by atoms with Crippen LogP contribution in [0.25, 0.3) is 0 Å². The lowest BCUT2D eigenvalue weighted by molar-refractivity contribution is -0.0939. The average molecular weight is 236 g/mol. The van der Waals surface area contributed by atoms with E-state index in [0.717, 1.165) is 18.4 Å². The fraction of sp³-hybridized carbons (Fsp3) is 1.00. The molecule has 1 nitrogen and oxygen atoms in total. The number of ether oxygens (including phenoxy) is 1. The van der Waals surface area contributed by atoms with Gasteiger partial charge in [-0.2, -0.15) is 0 Å².